The van der Waals surface area contributed by atoms with Gasteiger partial charge in [0.15, 0.2) is 0 Å². The standard InChI is InChI=1S/C20H30FN3O2/c1-13(2)9-10-22-19(25)18-12-24(20(26)23-14(3)4)11-17(18)15-5-7-16(21)8-6-15/h5-8,13-14,17-18H,9-12H2,1-4H3,(H,22,25)(H,23,26). The molecule has 0 bridgehead atoms. The number of likely N-dealkylation sites (tertiary alicyclic amines) is 1. The van der Waals surface area contributed by atoms with Crippen molar-refractivity contribution in [3.63, 3.8) is 0 Å². The Labute approximate surface area is 155 Å². The summed E-state index contributed by atoms with van der Waals surface area (Å²) in [6, 6.07) is 6.09. The maximum atomic E-state index is 13.3. The van der Waals surface area contributed by atoms with Gasteiger partial charge in [-0.15, -0.1) is 0 Å². The molecule has 1 heterocycles. The van der Waals surface area contributed by atoms with Crippen LogP contribution in [-0.4, -0.2) is 42.5 Å². The molecule has 0 radical (unpaired) electrons. The predicted molar refractivity (Wildman–Crippen MR) is 100 cm³/mol. The van der Waals surface area contributed by atoms with Crippen LogP contribution in [0.15, 0.2) is 24.3 Å². The van der Waals surface area contributed by atoms with Gasteiger partial charge >= 0.3 is 6.03 Å². The first-order valence-corrected chi connectivity index (χ1v) is 9.36. The lowest BCUT2D eigenvalue weighted by Gasteiger charge is -2.19. The van der Waals surface area contributed by atoms with E-state index in [4.69, 9.17) is 0 Å². The van der Waals surface area contributed by atoms with E-state index < -0.39 is 0 Å². The van der Waals surface area contributed by atoms with Crippen molar-refractivity contribution in [2.24, 2.45) is 11.8 Å². The van der Waals surface area contributed by atoms with Crippen molar-refractivity contribution in [3.8, 4) is 0 Å². The van der Waals surface area contributed by atoms with Gasteiger partial charge in [-0.1, -0.05) is 26.0 Å². The minimum atomic E-state index is -0.328. The molecule has 0 aliphatic carbocycles. The van der Waals surface area contributed by atoms with E-state index >= 15 is 0 Å². The second kappa shape index (κ2) is 9.01. The number of amides is 3. The monoisotopic (exact) mass is 363 g/mol. The molecular weight excluding hydrogens is 333 g/mol. The van der Waals surface area contributed by atoms with Gasteiger partial charge in [0.25, 0.3) is 0 Å². The maximum absolute atomic E-state index is 13.3. The number of carbonyl (C=O) groups is 2. The highest BCUT2D eigenvalue weighted by molar-refractivity contribution is 5.83. The zero-order valence-corrected chi connectivity index (χ0v) is 16.1. The minimum absolute atomic E-state index is 0.0330. The van der Waals surface area contributed by atoms with Crippen LogP contribution >= 0.6 is 0 Å². The highest BCUT2D eigenvalue weighted by Gasteiger charge is 2.40. The number of urea groups is 1. The number of hydrogen-bond donors (Lipinski definition) is 2. The Morgan fingerprint density at radius 1 is 1.15 bits per heavy atom. The summed E-state index contributed by atoms with van der Waals surface area (Å²) in [7, 11) is 0. The van der Waals surface area contributed by atoms with Crippen LogP contribution in [0.25, 0.3) is 0 Å². The molecule has 0 aromatic heterocycles. The Hall–Kier alpha value is -2.11. The molecule has 1 aromatic carbocycles. The molecule has 1 aliphatic heterocycles. The lowest BCUT2D eigenvalue weighted by molar-refractivity contribution is -0.124. The molecule has 26 heavy (non-hydrogen) atoms. The smallest absolute Gasteiger partial charge is 0.317 e. The predicted octanol–water partition coefficient (Wildman–Crippen LogP) is 3.12. The fraction of sp³-hybridized carbons (Fsp3) is 0.600. The van der Waals surface area contributed by atoms with Crippen LogP contribution in [-0.2, 0) is 4.79 Å². The fourth-order valence-electron chi connectivity index (χ4n) is 3.24. The first kappa shape index (κ1) is 20.2. The third kappa shape index (κ3) is 5.44. The van der Waals surface area contributed by atoms with Crippen LogP contribution in [0.1, 0.15) is 45.6 Å². The van der Waals surface area contributed by atoms with Crippen molar-refractivity contribution >= 4 is 11.9 Å². The second-order valence-corrected chi connectivity index (χ2v) is 7.75. The van der Waals surface area contributed by atoms with Crippen LogP contribution < -0.4 is 10.6 Å². The van der Waals surface area contributed by atoms with Gasteiger partial charge in [0.1, 0.15) is 5.82 Å². The summed E-state index contributed by atoms with van der Waals surface area (Å²) in [4.78, 5) is 26.8. The number of hydrogen-bond acceptors (Lipinski definition) is 2. The van der Waals surface area contributed by atoms with Crippen molar-refractivity contribution in [2.45, 2.75) is 46.1 Å². The number of carbonyl (C=O) groups excluding carboxylic acids is 2. The van der Waals surface area contributed by atoms with Gasteiger partial charge in [-0.2, -0.15) is 0 Å². The van der Waals surface area contributed by atoms with Crippen molar-refractivity contribution < 1.29 is 14.0 Å². The average Bonchev–Trinajstić information content (AvgIpc) is 3.00. The molecule has 6 heteroatoms. The fourth-order valence-corrected chi connectivity index (χ4v) is 3.24. The molecule has 1 aromatic rings. The van der Waals surface area contributed by atoms with Crippen molar-refractivity contribution in [1.29, 1.82) is 0 Å². The first-order chi connectivity index (χ1) is 12.3. The van der Waals surface area contributed by atoms with Gasteiger partial charge in [0, 0.05) is 31.6 Å². The number of benzene rings is 1. The second-order valence-electron chi connectivity index (χ2n) is 7.75. The summed E-state index contributed by atoms with van der Waals surface area (Å²) in [5.74, 6) is -0.294. The molecular formula is C20H30FN3O2. The molecule has 5 nitrogen and oxygen atoms in total. The van der Waals surface area contributed by atoms with Crippen molar-refractivity contribution in [1.82, 2.24) is 15.5 Å². The van der Waals surface area contributed by atoms with Crippen LogP contribution in [0.4, 0.5) is 9.18 Å². The van der Waals surface area contributed by atoms with Crippen LogP contribution in [0, 0.1) is 17.7 Å². The summed E-state index contributed by atoms with van der Waals surface area (Å²) >= 11 is 0. The van der Waals surface area contributed by atoms with E-state index in [2.05, 4.69) is 24.5 Å². The van der Waals surface area contributed by atoms with Gasteiger partial charge in [-0.25, -0.2) is 9.18 Å². The topological polar surface area (TPSA) is 61.4 Å². The van der Waals surface area contributed by atoms with E-state index in [1.807, 2.05) is 13.8 Å². The molecule has 2 atom stereocenters. The van der Waals surface area contributed by atoms with Crippen LogP contribution in [0.5, 0.6) is 0 Å². The lowest BCUT2D eigenvalue weighted by Crippen LogP contribution is -2.42. The molecule has 2 rings (SSSR count). The minimum Gasteiger partial charge on any atom is -0.356 e. The highest BCUT2D eigenvalue weighted by Crippen LogP contribution is 2.33. The Morgan fingerprint density at radius 2 is 1.81 bits per heavy atom. The lowest BCUT2D eigenvalue weighted by atomic mass is 9.88. The summed E-state index contributed by atoms with van der Waals surface area (Å²) < 4.78 is 13.3. The first-order valence-electron chi connectivity index (χ1n) is 9.36. The number of halogens is 1. The summed E-state index contributed by atoms with van der Waals surface area (Å²) in [6.45, 7) is 9.48. The Bertz CT molecular complexity index is 616. The molecule has 1 aliphatic rings. The third-order valence-corrected chi connectivity index (χ3v) is 4.68. The third-order valence-electron chi connectivity index (χ3n) is 4.68. The van der Waals surface area contributed by atoms with Gasteiger partial charge in [-0.3, -0.25) is 4.79 Å². The van der Waals surface area contributed by atoms with E-state index in [1.165, 1.54) is 12.1 Å². The molecule has 1 saturated heterocycles. The normalized spacial score (nSPS) is 19.9. The largest absolute Gasteiger partial charge is 0.356 e. The summed E-state index contributed by atoms with van der Waals surface area (Å²) in [5.41, 5.74) is 0.884. The highest BCUT2D eigenvalue weighted by atomic mass is 19.1. The molecule has 2 N–H and O–H groups in total. The van der Waals surface area contributed by atoms with E-state index in [0.717, 1.165) is 12.0 Å². The SMILES string of the molecule is CC(C)CCNC(=O)C1CN(C(=O)NC(C)C)CC1c1ccc(F)cc1. The van der Waals surface area contributed by atoms with E-state index in [0.29, 0.717) is 25.6 Å². The average molecular weight is 363 g/mol. The zero-order chi connectivity index (χ0) is 19.3. The van der Waals surface area contributed by atoms with Crippen molar-refractivity contribution in [3.05, 3.63) is 35.6 Å². The van der Waals surface area contributed by atoms with E-state index in [9.17, 15) is 14.0 Å². The van der Waals surface area contributed by atoms with Crippen LogP contribution in [0.2, 0.25) is 0 Å². The Balaban J connectivity index is 2.13. The zero-order valence-electron chi connectivity index (χ0n) is 16.1. The number of nitrogens with one attached hydrogen (secondary N) is 2. The molecule has 144 valence electrons. The molecule has 2 unspecified atom stereocenters. The van der Waals surface area contributed by atoms with Gasteiger partial charge in [-0.05, 0) is 43.9 Å². The van der Waals surface area contributed by atoms with E-state index in [-0.39, 0.29) is 35.6 Å². The maximum Gasteiger partial charge on any atom is 0.317 e. The van der Waals surface area contributed by atoms with E-state index in [1.54, 1.807) is 17.0 Å². The van der Waals surface area contributed by atoms with Crippen molar-refractivity contribution in [2.75, 3.05) is 19.6 Å². The summed E-state index contributed by atoms with van der Waals surface area (Å²) in [5, 5.41) is 5.87. The molecule has 0 saturated carbocycles. The van der Waals surface area contributed by atoms with Gasteiger partial charge < -0.3 is 15.5 Å². The molecule has 3 amide bonds. The van der Waals surface area contributed by atoms with Crippen LogP contribution in [0.3, 0.4) is 0 Å². The number of nitrogens with zero attached hydrogens (tertiary/aromatic N) is 1. The Morgan fingerprint density at radius 3 is 2.38 bits per heavy atom. The molecule has 1 fully saturated rings. The van der Waals surface area contributed by atoms with Gasteiger partial charge in [0.2, 0.25) is 5.91 Å². The Kier molecular flexibility index (Phi) is 7.00. The van der Waals surface area contributed by atoms with Gasteiger partial charge in [0.05, 0.1) is 5.92 Å². The summed E-state index contributed by atoms with van der Waals surface area (Å²) in [6.07, 6.45) is 0.914. The molecule has 0 spiro atoms. The quantitative estimate of drug-likeness (QED) is 0.816. The number of rotatable bonds is 6.